The number of ether oxygens (including phenoxy) is 1. The lowest BCUT2D eigenvalue weighted by Crippen LogP contribution is -2.20. The molecule has 1 aromatic heterocycles. The van der Waals surface area contributed by atoms with Crippen LogP contribution in [0.1, 0.15) is 242 Å². The maximum Gasteiger partial charge on any atom is 0.411 e. The van der Waals surface area contributed by atoms with Crippen LogP contribution in [0, 0.1) is 0 Å². The van der Waals surface area contributed by atoms with Gasteiger partial charge in [0, 0.05) is 45.1 Å². The van der Waals surface area contributed by atoms with Gasteiger partial charge in [0.05, 0.1) is 6.61 Å². The summed E-state index contributed by atoms with van der Waals surface area (Å²) >= 11 is 3.48. The molecule has 0 spiro atoms. The molecule has 0 radical (unpaired) electrons. The van der Waals surface area contributed by atoms with Crippen LogP contribution in [0.25, 0.3) is 0 Å². The number of nitrogens with zero attached hydrogens (tertiary/aromatic N) is 3. The first kappa shape index (κ1) is 59.9. The molecule has 0 aliphatic heterocycles. The Morgan fingerprint density at radius 1 is 0.493 bits per heavy atom. The maximum atomic E-state index is 12.2. The van der Waals surface area contributed by atoms with Gasteiger partial charge in [-0.3, -0.25) is 5.32 Å². The van der Waals surface area contributed by atoms with Crippen molar-refractivity contribution in [1.82, 2.24) is 15.0 Å². The van der Waals surface area contributed by atoms with Crippen LogP contribution in [0.15, 0.2) is 34.6 Å². The number of anilines is 3. The van der Waals surface area contributed by atoms with E-state index in [4.69, 9.17) is 19.7 Å². The number of rotatable bonds is 26. The first-order valence-electron chi connectivity index (χ1n) is 25.9. The highest BCUT2D eigenvalue weighted by atomic mass is 32.2. The summed E-state index contributed by atoms with van der Waals surface area (Å²) < 4.78 is 5.32. The van der Waals surface area contributed by atoms with Gasteiger partial charge in [0.1, 0.15) is 11.5 Å². The predicted molar refractivity (Wildman–Crippen MR) is 291 cm³/mol. The minimum absolute atomic E-state index is 0.197. The van der Waals surface area contributed by atoms with Crippen molar-refractivity contribution in [2.24, 2.45) is 0 Å². The molecule has 11 heteroatoms. The normalized spacial score (nSPS) is 12.2. The smallest absolute Gasteiger partial charge is 0.411 e. The van der Waals surface area contributed by atoms with Crippen LogP contribution in [-0.4, -0.2) is 49.4 Å². The van der Waals surface area contributed by atoms with E-state index in [1.165, 1.54) is 103 Å². The lowest BCUT2D eigenvalue weighted by molar-refractivity contribution is 0.159. The van der Waals surface area contributed by atoms with E-state index in [1.807, 2.05) is 24.3 Å². The summed E-state index contributed by atoms with van der Waals surface area (Å²) in [6.07, 6.45) is 21.9. The van der Waals surface area contributed by atoms with Gasteiger partial charge in [-0.15, -0.1) is 0 Å². The van der Waals surface area contributed by atoms with E-state index in [0.717, 1.165) is 62.6 Å². The SMILES string of the molecule is CCCCCCCCOC(=O)Nc1cc(C(C)(C)C)c(O)c(C(C)(C)C)c1.CCCCCCCCSc1nc(Nc2cc(C(C)(C)C)c(O)c(C(C)(C)C)c2)nc(SCCCCCCCC)n1. The number of phenols is 2. The number of thioether (sulfide) groups is 2. The van der Waals surface area contributed by atoms with Crippen LogP contribution >= 0.6 is 23.5 Å². The summed E-state index contributed by atoms with van der Waals surface area (Å²) in [5.41, 5.74) is 4.19. The molecular formula is C56H95N5O4S2. The van der Waals surface area contributed by atoms with Crippen molar-refractivity contribution in [1.29, 1.82) is 0 Å². The monoisotopic (exact) mass is 966 g/mol. The number of phenolic OH excluding ortho intramolecular Hbond substituents is 2. The Morgan fingerprint density at radius 3 is 1.18 bits per heavy atom. The molecule has 0 bridgehead atoms. The third-order valence-corrected chi connectivity index (χ3v) is 13.6. The highest BCUT2D eigenvalue weighted by Gasteiger charge is 2.28. The van der Waals surface area contributed by atoms with Crippen LogP contribution in [0.3, 0.4) is 0 Å². The molecule has 0 saturated carbocycles. The fourth-order valence-electron chi connectivity index (χ4n) is 7.65. The number of benzene rings is 2. The maximum absolute atomic E-state index is 12.2. The fraction of sp³-hybridized carbons (Fsp3) is 0.714. The quantitative estimate of drug-likeness (QED) is 0.0351. The van der Waals surface area contributed by atoms with Crippen molar-refractivity contribution in [3.8, 4) is 11.5 Å². The molecule has 3 rings (SSSR count). The summed E-state index contributed by atoms with van der Waals surface area (Å²) in [4.78, 5) is 26.6. The van der Waals surface area contributed by atoms with Crippen molar-refractivity contribution >= 4 is 46.9 Å². The topological polar surface area (TPSA) is 129 Å². The van der Waals surface area contributed by atoms with E-state index in [0.29, 0.717) is 29.7 Å². The van der Waals surface area contributed by atoms with Gasteiger partial charge in [-0.1, -0.05) is 224 Å². The molecule has 4 N–H and O–H groups in total. The fourth-order valence-corrected chi connectivity index (χ4v) is 9.37. The highest BCUT2D eigenvalue weighted by Crippen LogP contribution is 2.43. The first-order valence-corrected chi connectivity index (χ1v) is 27.9. The first-order chi connectivity index (χ1) is 31.4. The van der Waals surface area contributed by atoms with E-state index < -0.39 is 6.09 Å². The lowest BCUT2D eigenvalue weighted by Gasteiger charge is -2.28. The number of aromatic nitrogens is 3. The number of carbonyl (C=O) groups is 1. The van der Waals surface area contributed by atoms with Crippen molar-refractivity contribution in [3.05, 3.63) is 46.5 Å². The Bertz CT molecular complexity index is 1790. The minimum atomic E-state index is -0.436. The van der Waals surface area contributed by atoms with Crippen LogP contribution < -0.4 is 10.6 Å². The van der Waals surface area contributed by atoms with E-state index in [-0.39, 0.29) is 21.7 Å². The van der Waals surface area contributed by atoms with Gasteiger partial charge < -0.3 is 20.3 Å². The number of carbonyl (C=O) groups excluding carboxylic acids is 1. The molecule has 0 unspecified atom stereocenters. The zero-order chi connectivity index (χ0) is 50.3. The Kier molecular flexibility index (Phi) is 26.6. The minimum Gasteiger partial charge on any atom is -0.507 e. The Labute approximate surface area is 417 Å². The zero-order valence-corrected chi connectivity index (χ0v) is 46.7. The molecule has 9 nitrogen and oxygen atoms in total. The molecular weight excluding hydrogens is 871 g/mol. The van der Waals surface area contributed by atoms with Crippen molar-refractivity contribution in [2.45, 2.75) is 251 Å². The molecule has 2 aromatic carbocycles. The van der Waals surface area contributed by atoms with Gasteiger partial charge >= 0.3 is 6.09 Å². The predicted octanol–water partition coefficient (Wildman–Crippen LogP) is 17.7. The van der Waals surface area contributed by atoms with Crippen LogP contribution in [-0.2, 0) is 26.4 Å². The summed E-state index contributed by atoms with van der Waals surface area (Å²) in [6.45, 7) is 32.3. The number of hydrogen-bond acceptors (Lipinski definition) is 10. The van der Waals surface area contributed by atoms with Crippen molar-refractivity contribution in [3.63, 3.8) is 0 Å². The average Bonchev–Trinajstić information content (AvgIpc) is 3.22. The Hall–Kier alpha value is -3.18. The summed E-state index contributed by atoms with van der Waals surface area (Å²) in [5.74, 6) is 3.32. The number of amides is 1. The number of aromatic hydroxyl groups is 2. The molecule has 67 heavy (non-hydrogen) atoms. The molecule has 0 saturated heterocycles. The molecule has 0 fully saturated rings. The molecule has 380 valence electrons. The largest absolute Gasteiger partial charge is 0.507 e. The Morgan fingerprint density at radius 2 is 0.821 bits per heavy atom. The van der Waals surface area contributed by atoms with Gasteiger partial charge in [0.2, 0.25) is 5.95 Å². The molecule has 0 atom stereocenters. The van der Waals surface area contributed by atoms with Crippen molar-refractivity contribution < 1.29 is 19.7 Å². The molecule has 0 aliphatic carbocycles. The van der Waals surface area contributed by atoms with Gasteiger partial charge in [-0.2, -0.15) is 15.0 Å². The van der Waals surface area contributed by atoms with Gasteiger partial charge in [-0.25, -0.2) is 4.79 Å². The average molecular weight is 967 g/mol. The highest BCUT2D eigenvalue weighted by molar-refractivity contribution is 7.99. The molecule has 3 aromatic rings. The van der Waals surface area contributed by atoms with Crippen LogP contribution in [0.5, 0.6) is 11.5 Å². The second-order valence-electron chi connectivity index (χ2n) is 22.5. The molecule has 0 aliphatic rings. The van der Waals surface area contributed by atoms with E-state index >= 15 is 0 Å². The number of unbranched alkanes of at least 4 members (excludes halogenated alkanes) is 15. The zero-order valence-electron chi connectivity index (χ0n) is 45.0. The van der Waals surface area contributed by atoms with E-state index in [2.05, 4.69) is 114 Å². The second kappa shape index (κ2) is 29.8. The van der Waals surface area contributed by atoms with E-state index in [9.17, 15) is 15.0 Å². The third kappa shape index (κ3) is 23.3. The standard InChI is InChI=1S/C33H56N4OS2.C23H39NO3/c1-9-11-13-15-17-19-21-39-30-35-29(36-31(37-30)40-22-20-18-16-14-12-10-2)34-25-23-26(32(3,4)5)28(38)27(24-25)33(6,7)8;1-8-9-10-11-12-13-14-27-21(26)24-17-15-18(22(2,3)4)20(25)19(16-17)23(5,6)7/h23-24,38H,9-22H2,1-8H3,(H,34,35,36,37);15-16,25H,8-14H2,1-7H3,(H,24,26). The number of nitrogens with one attached hydrogen (secondary N) is 2. The van der Waals surface area contributed by atoms with Gasteiger partial charge in [0.15, 0.2) is 10.3 Å². The summed E-state index contributed by atoms with van der Waals surface area (Å²) in [7, 11) is 0. The summed E-state index contributed by atoms with van der Waals surface area (Å²) in [5, 5.41) is 29.8. The summed E-state index contributed by atoms with van der Waals surface area (Å²) in [6, 6.07) is 7.77. The van der Waals surface area contributed by atoms with Crippen molar-refractivity contribution in [2.75, 3.05) is 28.7 Å². The second-order valence-corrected chi connectivity index (χ2v) is 24.6. The Balaban J connectivity index is 0.000000497. The third-order valence-electron chi connectivity index (χ3n) is 11.7. The molecule has 1 heterocycles. The number of hydrogen-bond donors (Lipinski definition) is 4. The van der Waals surface area contributed by atoms with Crippen LogP contribution in [0.2, 0.25) is 0 Å². The molecule has 1 amide bonds. The van der Waals surface area contributed by atoms with Gasteiger partial charge in [-0.05, 0) is 65.2 Å². The van der Waals surface area contributed by atoms with E-state index in [1.54, 1.807) is 23.5 Å². The van der Waals surface area contributed by atoms with Gasteiger partial charge in [0.25, 0.3) is 0 Å². The lowest BCUT2D eigenvalue weighted by atomic mass is 9.79. The van der Waals surface area contributed by atoms with Crippen LogP contribution in [0.4, 0.5) is 22.1 Å².